The topological polar surface area (TPSA) is 80.3 Å². The first-order chi connectivity index (χ1) is 8.62. The van der Waals surface area contributed by atoms with E-state index in [4.69, 9.17) is 0 Å². The molecule has 0 aromatic heterocycles. The largest absolute Gasteiger partial charge is 0.241 e. The zero-order valence-corrected chi connectivity index (χ0v) is 14.9. The molecule has 1 aromatic rings. The number of sulfonamides is 1. The Hall–Kier alpha value is 0.0400. The average Bonchev–Trinajstić information content (AvgIpc) is 2.26. The summed E-state index contributed by atoms with van der Waals surface area (Å²) >= 11 is 6.38. The molecular weight excluding hydrogens is 422 g/mol. The summed E-state index contributed by atoms with van der Waals surface area (Å²) in [5.74, 6) is -0.0465. The van der Waals surface area contributed by atoms with E-state index >= 15 is 0 Å². The molecule has 108 valence electrons. The molecule has 0 atom stereocenters. The maximum atomic E-state index is 12.0. The molecule has 0 radical (unpaired) electrons. The van der Waals surface area contributed by atoms with Gasteiger partial charge in [-0.1, -0.05) is 15.9 Å². The first kappa shape index (κ1) is 17.1. The smallest absolute Gasteiger partial charge is 0.229 e. The van der Waals surface area contributed by atoms with Gasteiger partial charge in [0.2, 0.25) is 10.0 Å². The van der Waals surface area contributed by atoms with Crippen LogP contribution in [-0.2, 0) is 19.9 Å². The van der Waals surface area contributed by atoms with Gasteiger partial charge in [-0.3, -0.25) is 0 Å². The summed E-state index contributed by atoms with van der Waals surface area (Å²) in [6.07, 6.45) is 1.36. The Labute approximate surface area is 130 Å². The standard InChI is InChI=1S/C10H13Br2NO4S2/c1-18(14,15)6-2-5-13-19(16,17)10-7-8(11)3-4-9(10)12/h3-4,7,13H,2,5-6H2,1H3. The molecule has 5 nitrogen and oxygen atoms in total. The Morgan fingerprint density at radius 3 is 2.37 bits per heavy atom. The zero-order chi connectivity index (χ0) is 14.7. The van der Waals surface area contributed by atoms with Gasteiger partial charge in [0.15, 0.2) is 0 Å². The summed E-state index contributed by atoms with van der Waals surface area (Å²) in [4.78, 5) is 0.112. The third kappa shape index (κ3) is 5.90. The summed E-state index contributed by atoms with van der Waals surface area (Å²) in [6, 6.07) is 4.81. The fourth-order valence-corrected chi connectivity index (χ4v) is 4.54. The van der Waals surface area contributed by atoms with Gasteiger partial charge in [0.25, 0.3) is 0 Å². The van der Waals surface area contributed by atoms with E-state index in [1.54, 1.807) is 12.1 Å². The summed E-state index contributed by atoms with van der Waals surface area (Å²) in [7, 11) is -6.73. The molecule has 0 amide bonds. The second-order valence-electron chi connectivity index (χ2n) is 3.96. The number of rotatable bonds is 6. The highest BCUT2D eigenvalue weighted by Gasteiger charge is 2.17. The van der Waals surface area contributed by atoms with Gasteiger partial charge in [0, 0.05) is 21.7 Å². The highest BCUT2D eigenvalue weighted by molar-refractivity contribution is 9.11. The predicted molar refractivity (Wildman–Crippen MR) is 81.4 cm³/mol. The van der Waals surface area contributed by atoms with E-state index in [-0.39, 0.29) is 23.6 Å². The predicted octanol–water partition coefficient (Wildman–Crippen LogP) is 1.92. The van der Waals surface area contributed by atoms with Crippen LogP contribution in [0.4, 0.5) is 0 Å². The lowest BCUT2D eigenvalue weighted by atomic mass is 10.4. The molecule has 1 rings (SSSR count). The summed E-state index contributed by atoms with van der Waals surface area (Å²) in [5.41, 5.74) is 0. The van der Waals surface area contributed by atoms with Crippen LogP contribution in [0.15, 0.2) is 32.0 Å². The Kier molecular flexibility index (Phi) is 5.99. The molecule has 0 heterocycles. The van der Waals surface area contributed by atoms with Crippen LogP contribution in [-0.4, -0.2) is 35.4 Å². The van der Waals surface area contributed by atoms with Gasteiger partial charge in [0.1, 0.15) is 9.84 Å². The van der Waals surface area contributed by atoms with Gasteiger partial charge in [0.05, 0.1) is 10.6 Å². The molecule has 19 heavy (non-hydrogen) atoms. The number of hydrogen-bond donors (Lipinski definition) is 1. The van der Waals surface area contributed by atoms with Crippen LogP contribution in [0.25, 0.3) is 0 Å². The van der Waals surface area contributed by atoms with Gasteiger partial charge in [-0.15, -0.1) is 0 Å². The second kappa shape index (κ2) is 6.66. The number of halogens is 2. The van der Waals surface area contributed by atoms with Crippen molar-refractivity contribution in [3.8, 4) is 0 Å². The molecule has 0 bridgehead atoms. The van der Waals surface area contributed by atoms with Crippen LogP contribution in [0.3, 0.4) is 0 Å². The minimum absolute atomic E-state index is 0.0465. The summed E-state index contributed by atoms with van der Waals surface area (Å²) in [6.45, 7) is 0.0777. The van der Waals surface area contributed by atoms with Crippen molar-refractivity contribution in [3.63, 3.8) is 0 Å². The van der Waals surface area contributed by atoms with Crippen molar-refractivity contribution in [1.29, 1.82) is 0 Å². The van der Waals surface area contributed by atoms with Crippen LogP contribution < -0.4 is 4.72 Å². The fraction of sp³-hybridized carbons (Fsp3) is 0.400. The number of sulfone groups is 1. The monoisotopic (exact) mass is 433 g/mol. The average molecular weight is 435 g/mol. The minimum Gasteiger partial charge on any atom is -0.229 e. The van der Waals surface area contributed by atoms with Crippen LogP contribution in [0.5, 0.6) is 0 Å². The van der Waals surface area contributed by atoms with Crippen molar-refractivity contribution < 1.29 is 16.8 Å². The quantitative estimate of drug-likeness (QED) is 0.693. The fourth-order valence-electron chi connectivity index (χ4n) is 1.30. The lowest BCUT2D eigenvalue weighted by Crippen LogP contribution is -2.26. The van der Waals surface area contributed by atoms with Crippen molar-refractivity contribution >= 4 is 51.7 Å². The number of benzene rings is 1. The Morgan fingerprint density at radius 2 is 1.79 bits per heavy atom. The van der Waals surface area contributed by atoms with Crippen molar-refractivity contribution in [2.75, 3.05) is 18.6 Å². The van der Waals surface area contributed by atoms with Crippen molar-refractivity contribution in [3.05, 3.63) is 27.1 Å². The van der Waals surface area contributed by atoms with Crippen LogP contribution in [0.2, 0.25) is 0 Å². The van der Waals surface area contributed by atoms with Gasteiger partial charge < -0.3 is 0 Å². The molecule has 0 saturated heterocycles. The Morgan fingerprint density at radius 1 is 1.16 bits per heavy atom. The first-order valence-electron chi connectivity index (χ1n) is 5.24. The lowest BCUT2D eigenvalue weighted by Gasteiger charge is -2.08. The van der Waals surface area contributed by atoms with E-state index in [0.29, 0.717) is 8.95 Å². The third-order valence-electron chi connectivity index (χ3n) is 2.17. The molecule has 0 unspecified atom stereocenters. The van der Waals surface area contributed by atoms with Crippen LogP contribution in [0, 0.1) is 0 Å². The van der Waals surface area contributed by atoms with Crippen LogP contribution >= 0.6 is 31.9 Å². The molecule has 0 spiro atoms. The molecule has 0 aliphatic heterocycles. The van der Waals surface area contributed by atoms with Crippen molar-refractivity contribution in [2.24, 2.45) is 0 Å². The van der Waals surface area contributed by atoms with E-state index in [1.165, 1.54) is 6.07 Å². The van der Waals surface area contributed by atoms with Crippen molar-refractivity contribution in [2.45, 2.75) is 11.3 Å². The van der Waals surface area contributed by atoms with Crippen LogP contribution in [0.1, 0.15) is 6.42 Å². The zero-order valence-electron chi connectivity index (χ0n) is 10.1. The van der Waals surface area contributed by atoms with E-state index in [9.17, 15) is 16.8 Å². The van der Waals surface area contributed by atoms with E-state index in [2.05, 4.69) is 36.6 Å². The molecule has 0 aliphatic rings. The molecule has 0 fully saturated rings. The normalized spacial score (nSPS) is 12.6. The molecule has 0 saturated carbocycles. The van der Waals surface area contributed by atoms with Gasteiger partial charge in [-0.25, -0.2) is 21.6 Å². The number of hydrogen-bond acceptors (Lipinski definition) is 4. The SMILES string of the molecule is CS(=O)(=O)CCCNS(=O)(=O)c1cc(Br)ccc1Br. The van der Waals surface area contributed by atoms with Gasteiger partial charge >= 0.3 is 0 Å². The molecule has 1 aromatic carbocycles. The molecular formula is C10H13Br2NO4S2. The number of nitrogens with one attached hydrogen (secondary N) is 1. The minimum atomic E-state index is -3.65. The maximum Gasteiger partial charge on any atom is 0.241 e. The van der Waals surface area contributed by atoms with Gasteiger partial charge in [-0.05, 0) is 40.5 Å². The second-order valence-corrected chi connectivity index (χ2v) is 9.72. The van der Waals surface area contributed by atoms with Crippen molar-refractivity contribution in [1.82, 2.24) is 4.72 Å². The Bertz CT molecular complexity index is 656. The van der Waals surface area contributed by atoms with E-state index < -0.39 is 19.9 Å². The Balaban J connectivity index is 2.74. The van der Waals surface area contributed by atoms with E-state index in [1.807, 2.05) is 0 Å². The summed E-state index contributed by atoms with van der Waals surface area (Å²) in [5, 5.41) is 0. The molecule has 1 N–H and O–H groups in total. The molecule has 9 heteroatoms. The molecule has 0 aliphatic carbocycles. The highest BCUT2D eigenvalue weighted by Crippen LogP contribution is 2.25. The highest BCUT2D eigenvalue weighted by atomic mass is 79.9. The van der Waals surface area contributed by atoms with Gasteiger partial charge in [-0.2, -0.15) is 0 Å². The third-order valence-corrected chi connectivity index (χ3v) is 6.15. The maximum absolute atomic E-state index is 12.0. The lowest BCUT2D eigenvalue weighted by molar-refractivity contribution is 0.577. The summed E-state index contributed by atoms with van der Waals surface area (Å²) < 4.78 is 49.4. The first-order valence-corrected chi connectivity index (χ1v) is 10.4. The van der Waals surface area contributed by atoms with E-state index in [0.717, 1.165) is 6.26 Å².